The largest absolute Gasteiger partial charge is 1.00 e. The lowest BCUT2D eigenvalue weighted by molar-refractivity contribution is -0.688. The molecule has 20 heavy (non-hydrogen) atoms. The predicted molar refractivity (Wildman–Crippen MR) is 79.3 cm³/mol. The third kappa shape index (κ3) is 1.86. The molecule has 0 spiro atoms. The molecular weight excluding hydrogens is 290 g/mol. The standard InChI is InChI=1S/C15H11NOS2.O/c17-14-12(10-4-2-1-3-5-10)19-15-13-11(7-9-18-13)6-8-16(14)15;/h1-5,7,9H,6,8H2;/q;-1/p+1. The molecule has 5 heteroatoms. The summed E-state index contributed by atoms with van der Waals surface area (Å²) in [5.74, 6) is 0.408. The number of hydrogen-bond acceptors (Lipinski definition) is 4. The Morgan fingerprint density at radius 3 is 2.65 bits per heavy atom. The van der Waals surface area contributed by atoms with Crippen LogP contribution in [0.25, 0.3) is 20.3 Å². The van der Waals surface area contributed by atoms with E-state index in [9.17, 15) is 5.11 Å². The summed E-state index contributed by atoms with van der Waals surface area (Å²) in [5, 5.41) is 13.8. The summed E-state index contributed by atoms with van der Waals surface area (Å²) in [5.41, 5.74) is 2.50. The van der Waals surface area contributed by atoms with Crippen LogP contribution in [-0.4, -0.2) is 5.11 Å². The molecule has 1 N–H and O–H groups in total. The van der Waals surface area contributed by atoms with Gasteiger partial charge in [-0.05, 0) is 17.0 Å². The summed E-state index contributed by atoms with van der Waals surface area (Å²) < 4.78 is 2.05. The summed E-state index contributed by atoms with van der Waals surface area (Å²) in [6.45, 7) is 0.869. The Kier molecular flexibility index (Phi) is 3.33. The van der Waals surface area contributed by atoms with E-state index in [1.54, 1.807) is 22.7 Å². The number of aromatic nitrogens is 1. The summed E-state index contributed by atoms with van der Waals surface area (Å²) in [6.07, 6.45) is 1.01. The van der Waals surface area contributed by atoms with Crippen LogP contribution in [0.4, 0.5) is 0 Å². The molecule has 0 saturated heterocycles. The number of thiazole rings is 1. The van der Waals surface area contributed by atoms with Crippen molar-refractivity contribution in [1.29, 1.82) is 0 Å². The highest BCUT2D eigenvalue weighted by Gasteiger charge is 2.33. The van der Waals surface area contributed by atoms with Crippen molar-refractivity contribution in [2.75, 3.05) is 0 Å². The highest BCUT2D eigenvalue weighted by atomic mass is 32.1. The fraction of sp³-hybridized carbons (Fsp3) is 0.133. The average Bonchev–Trinajstić information content (AvgIpc) is 3.04. The third-order valence-corrected chi connectivity index (χ3v) is 5.82. The van der Waals surface area contributed by atoms with Gasteiger partial charge in [0.05, 0.1) is 0 Å². The van der Waals surface area contributed by atoms with Crippen LogP contribution in [-0.2, 0) is 18.4 Å². The molecule has 0 amide bonds. The van der Waals surface area contributed by atoms with Crippen LogP contribution in [0.1, 0.15) is 5.56 Å². The van der Waals surface area contributed by atoms with Gasteiger partial charge in [-0.15, -0.1) is 15.9 Å². The van der Waals surface area contributed by atoms with Crippen molar-refractivity contribution < 1.29 is 15.1 Å². The van der Waals surface area contributed by atoms with E-state index in [4.69, 9.17) is 0 Å². The molecule has 0 bridgehead atoms. The molecule has 0 atom stereocenters. The van der Waals surface area contributed by atoms with Crippen molar-refractivity contribution in [3.05, 3.63) is 47.3 Å². The van der Waals surface area contributed by atoms with E-state index in [1.807, 2.05) is 34.9 Å². The van der Waals surface area contributed by atoms with E-state index >= 15 is 0 Å². The van der Waals surface area contributed by atoms with Gasteiger partial charge in [-0.3, -0.25) is 0 Å². The smallest absolute Gasteiger partial charge is 0.385 e. The van der Waals surface area contributed by atoms with Crippen LogP contribution in [0.3, 0.4) is 0 Å². The summed E-state index contributed by atoms with van der Waals surface area (Å²) in [4.78, 5) is 2.28. The maximum atomic E-state index is 10.5. The van der Waals surface area contributed by atoms with Gasteiger partial charge in [0.1, 0.15) is 4.88 Å². The van der Waals surface area contributed by atoms with Gasteiger partial charge in [0.2, 0.25) is 0 Å². The van der Waals surface area contributed by atoms with Gasteiger partial charge in [-0.25, -0.2) is 0 Å². The minimum Gasteiger partial charge on any atom is -1.00 e. The molecular formula is C15H12NO2S2. The van der Waals surface area contributed by atoms with Gasteiger partial charge in [0, 0.05) is 12.0 Å². The number of nitrogens with zero attached hydrogens (tertiary/aromatic N) is 1. The van der Waals surface area contributed by atoms with Crippen molar-refractivity contribution in [3.63, 3.8) is 0 Å². The van der Waals surface area contributed by atoms with Crippen LogP contribution in [0.2, 0.25) is 0 Å². The predicted octanol–water partition coefficient (Wildman–Crippen LogP) is 3.57. The monoisotopic (exact) mass is 302 g/mol. The Balaban J connectivity index is 0.00000121. The molecule has 1 radical (unpaired) electrons. The lowest BCUT2D eigenvalue weighted by atomic mass is 10.1. The molecule has 0 unspecified atom stereocenters. The van der Waals surface area contributed by atoms with Crippen LogP contribution in [0.5, 0.6) is 5.88 Å². The van der Waals surface area contributed by atoms with Gasteiger partial charge in [0.25, 0.3) is 5.01 Å². The van der Waals surface area contributed by atoms with Gasteiger partial charge in [-0.1, -0.05) is 41.7 Å². The topological polar surface area (TPSA) is 52.6 Å². The maximum Gasteiger partial charge on any atom is 0.385 e. The van der Waals surface area contributed by atoms with Crippen LogP contribution in [0.15, 0.2) is 41.8 Å². The number of hydrogen-bond donors (Lipinski definition) is 1. The highest BCUT2D eigenvalue weighted by molar-refractivity contribution is 7.22. The lowest BCUT2D eigenvalue weighted by Crippen LogP contribution is -2.37. The zero-order chi connectivity index (χ0) is 12.8. The van der Waals surface area contributed by atoms with Crippen molar-refractivity contribution in [2.24, 2.45) is 0 Å². The molecule has 3 aromatic rings. The van der Waals surface area contributed by atoms with Crippen LogP contribution < -0.4 is 4.57 Å². The Labute approximate surface area is 124 Å². The molecule has 3 heterocycles. The molecule has 4 rings (SSSR count). The van der Waals surface area contributed by atoms with Gasteiger partial charge < -0.3 is 10.6 Å². The number of aryl methyl sites for hydroxylation is 1. The number of aromatic hydroxyl groups is 1. The maximum absolute atomic E-state index is 10.5. The first-order valence-corrected chi connectivity index (χ1v) is 7.92. The van der Waals surface area contributed by atoms with Crippen LogP contribution in [0, 0.1) is 0 Å². The van der Waals surface area contributed by atoms with Crippen LogP contribution >= 0.6 is 22.7 Å². The number of benzene rings is 1. The molecule has 0 aliphatic carbocycles. The second kappa shape index (κ2) is 5.01. The van der Waals surface area contributed by atoms with Crippen molar-refractivity contribution in [2.45, 2.75) is 13.0 Å². The zero-order valence-electron chi connectivity index (χ0n) is 10.6. The number of thiophene rings is 1. The molecule has 1 aliphatic heterocycles. The van der Waals surface area contributed by atoms with E-state index in [-0.39, 0.29) is 5.48 Å². The van der Waals surface area contributed by atoms with Gasteiger partial charge in [-0.2, -0.15) is 0 Å². The first-order chi connectivity index (χ1) is 9.34. The van der Waals surface area contributed by atoms with E-state index in [0.29, 0.717) is 5.88 Å². The SMILES string of the molecule is Oc1c(-c2ccccc2)sc2[n+]1CCc1ccsc1-2.[O-]. The minimum absolute atomic E-state index is 0. The quantitative estimate of drug-likeness (QED) is 0.686. The van der Waals surface area contributed by atoms with Gasteiger partial charge in [0.15, 0.2) is 11.4 Å². The number of rotatable bonds is 1. The molecule has 101 valence electrons. The van der Waals surface area contributed by atoms with Crippen molar-refractivity contribution in [1.82, 2.24) is 0 Å². The Hall–Kier alpha value is -1.69. The minimum atomic E-state index is 0. The molecule has 0 saturated carbocycles. The van der Waals surface area contributed by atoms with Crippen molar-refractivity contribution in [3.8, 4) is 26.2 Å². The first-order valence-electron chi connectivity index (χ1n) is 6.22. The Morgan fingerprint density at radius 1 is 1.05 bits per heavy atom. The average molecular weight is 302 g/mol. The molecule has 3 nitrogen and oxygen atoms in total. The molecule has 2 aromatic heterocycles. The first kappa shape index (κ1) is 13.3. The van der Waals surface area contributed by atoms with E-state index in [0.717, 1.165) is 23.4 Å². The zero-order valence-corrected chi connectivity index (χ0v) is 12.2. The highest BCUT2D eigenvalue weighted by Crippen LogP contribution is 2.42. The molecule has 1 aromatic carbocycles. The summed E-state index contributed by atoms with van der Waals surface area (Å²) in [6, 6.07) is 12.3. The Morgan fingerprint density at radius 2 is 1.85 bits per heavy atom. The third-order valence-electron chi connectivity index (χ3n) is 3.48. The van der Waals surface area contributed by atoms with Gasteiger partial charge >= 0.3 is 5.88 Å². The molecule has 0 fully saturated rings. The normalized spacial score (nSPS) is 12.4. The summed E-state index contributed by atoms with van der Waals surface area (Å²) >= 11 is 3.45. The summed E-state index contributed by atoms with van der Waals surface area (Å²) in [7, 11) is 0. The van der Waals surface area contributed by atoms with E-state index in [1.165, 1.54) is 15.4 Å². The second-order valence-electron chi connectivity index (χ2n) is 4.60. The molecule has 1 aliphatic rings. The second-order valence-corrected chi connectivity index (χ2v) is 6.52. The van der Waals surface area contributed by atoms with Crippen molar-refractivity contribution >= 4 is 22.7 Å². The van der Waals surface area contributed by atoms with E-state index in [2.05, 4.69) is 11.4 Å². The fourth-order valence-electron chi connectivity index (χ4n) is 2.52. The van der Waals surface area contributed by atoms with E-state index < -0.39 is 0 Å². The number of fused-ring (bicyclic) bond motifs is 3. The lowest BCUT2D eigenvalue weighted by Gasteiger charge is -2.05. The Bertz CT molecular complexity index is 747. The fourth-order valence-corrected chi connectivity index (χ4v) is 4.85.